The van der Waals surface area contributed by atoms with Gasteiger partial charge in [0, 0.05) is 6.07 Å². The topological polar surface area (TPSA) is 102 Å². The van der Waals surface area contributed by atoms with E-state index in [0.717, 1.165) is 6.07 Å². The molecule has 7 nitrogen and oxygen atoms in total. The maximum atomic E-state index is 10.9. The number of aromatic nitrogens is 2. The van der Waals surface area contributed by atoms with E-state index < -0.39 is 4.92 Å². The first-order chi connectivity index (χ1) is 9.10. The van der Waals surface area contributed by atoms with Crippen molar-refractivity contribution >= 4 is 17.3 Å². The fraction of sp³-hybridized carbons (Fsp3) is 0. The number of nitriles is 1. The summed E-state index contributed by atoms with van der Waals surface area (Å²) in [6.45, 7) is 0. The second-order valence-electron chi connectivity index (χ2n) is 3.33. The fourth-order valence-corrected chi connectivity index (χ4v) is 1.44. The van der Waals surface area contributed by atoms with Gasteiger partial charge in [0.2, 0.25) is 11.6 Å². The number of ether oxygens (including phenoxy) is 1. The van der Waals surface area contributed by atoms with E-state index in [1.807, 2.05) is 6.07 Å². The summed E-state index contributed by atoms with van der Waals surface area (Å²) in [6.07, 6.45) is 2.58. The molecule has 0 spiro atoms. The Kier molecular flexibility index (Phi) is 3.54. The number of halogens is 1. The molecule has 1 aromatic heterocycles. The first-order valence-electron chi connectivity index (χ1n) is 4.94. The lowest BCUT2D eigenvalue weighted by Gasteiger charge is -2.05. The zero-order chi connectivity index (χ0) is 13.8. The van der Waals surface area contributed by atoms with Crippen molar-refractivity contribution in [3.63, 3.8) is 0 Å². The Balaban J connectivity index is 2.40. The molecular weight excluding hydrogens is 272 g/mol. The average molecular weight is 277 g/mol. The van der Waals surface area contributed by atoms with Gasteiger partial charge in [0.05, 0.1) is 28.9 Å². The maximum absolute atomic E-state index is 10.9. The predicted octanol–water partition coefficient (Wildman–Crippen LogP) is 2.70. The van der Waals surface area contributed by atoms with Crippen LogP contribution in [-0.2, 0) is 0 Å². The monoisotopic (exact) mass is 276 g/mol. The Labute approximate surface area is 112 Å². The van der Waals surface area contributed by atoms with Gasteiger partial charge in [-0.05, 0) is 12.1 Å². The van der Waals surface area contributed by atoms with Crippen LogP contribution in [0.4, 0.5) is 5.69 Å². The van der Waals surface area contributed by atoms with E-state index >= 15 is 0 Å². The average Bonchev–Trinajstić information content (AvgIpc) is 2.39. The summed E-state index contributed by atoms with van der Waals surface area (Å²) < 4.78 is 5.24. The Morgan fingerprint density at radius 2 is 2.21 bits per heavy atom. The van der Waals surface area contributed by atoms with E-state index in [9.17, 15) is 10.1 Å². The number of hydrogen-bond donors (Lipinski definition) is 0. The van der Waals surface area contributed by atoms with Gasteiger partial charge < -0.3 is 4.74 Å². The number of nitro benzene ring substituents is 1. The molecule has 0 radical (unpaired) electrons. The van der Waals surface area contributed by atoms with Crippen molar-refractivity contribution in [2.45, 2.75) is 0 Å². The third-order valence-electron chi connectivity index (χ3n) is 2.08. The normalized spacial score (nSPS) is 9.68. The van der Waals surface area contributed by atoms with Gasteiger partial charge in [-0.15, -0.1) is 0 Å². The number of nitrogens with zero attached hydrogens (tertiary/aromatic N) is 4. The Morgan fingerprint density at radius 3 is 2.84 bits per heavy atom. The molecule has 1 aromatic carbocycles. The fourth-order valence-electron chi connectivity index (χ4n) is 1.30. The predicted molar refractivity (Wildman–Crippen MR) is 64.9 cm³/mol. The molecule has 94 valence electrons. The zero-order valence-electron chi connectivity index (χ0n) is 9.28. The minimum atomic E-state index is -0.645. The van der Waals surface area contributed by atoms with Gasteiger partial charge in [-0.3, -0.25) is 15.1 Å². The molecule has 2 aromatic rings. The van der Waals surface area contributed by atoms with Gasteiger partial charge in [0.1, 0.15) is 0 Å². The third-order valence-corrected chi connectivity index (χ3v) is 2.26. The second kappa shape index (κ2) is 5.29. The summed E-state index contributed by atoms with van der Waals surface area (Å²) in [6, 6.07) is 5.65. The molecule has 0 saturated carbocycles. The van der Waals surface area contributed by atoms with Crippen LogP contribution in [0.2, 0.25) is 5.15 Å². The van der Waals surface area contributed by atoms with Gasteiger partial charge in [-0.1, -0.05) is 11.6 Å². The highest BCUT2D eigenvalue weighted by atomic mass is 35.5. The Bertz CT molecular complexity index is 684. The molecule has 19 heavy (non-hydrogen) atoms. The molecule has 0 N–H and O–H groups in total. The lowest BCUT2D eigenvalue weighted by atomic mass is 10.2. The van der Waals surface area contributed by atoms with Crippen LogP contribution in [0.25, 0.3) is 0 Å². The van der Waals surface area contributed by atoms with Crippen molar-refractivity contribution in [2.75, 3.05) is 0 Å². The molecule has 0 unspecified atom stereocenters. The molecule has 0 amide bonds. The van der Waals surface area contributed by atoms with Crippen molar-refractivity contribution in [3.8, 4) is 17.7 Å². The summed E-state index contributed by atoms with van der Waals surface area (Å²) >= 11 is 5.63. The van der Waals surface area contributed by atoms with E-state index in [-0.39, 0.29) is 28.0 Å². The summed E-state index contributed by atoms with van der Waals surface area (Å²) in [5.74, 6) is -0.0131. The van der Waals surface area contributed by atoms with Crippen molar-refractivity contribution < 1.29 is 9.66 Å². The Hall–Kier alpha value is -2.72. The molecule has 2 rings (SSSR count). The molecular formula is C11H5ClN4O3. The van der Waals surface area contributed by atoms with Crippen LogP contribution in [0.3, 0.4) is 0 Å². The van der Waals surface area contributed by atoms with Crippen LogP contribution in [-0.4, -0.2) is 14.9 Å². The minimum absolute atomic E-state index is 0.0281. The van der Waals surface area contributed by atoms with Crippen LogP contribution in [0.1, 0.15) is 5.56 Å². The van der Waals surface area contributed by atoms with Crippen LogP contribution in [0.5, 0.6) is 11.6 Å². The van der Waals surface area contributed by atoms with Crippen molar-refractivity contribution in [1.82, 2.24) is 9.97 Å². The number of rotatable bonds is 3. The molecule has 0 bridgehead atoms. The van der Waals surface area contributed by atoms with Gasteiger partial charge in [0.25, 0.3) is 0 Å². The van der Waals surface area contributed by atoms with Crippen molar-refractivity contribution in [1.29, 1.82) is 5.26 Å². The van der Waals surface area contributed by atoms with Gasteiger partial charge in [0.15, 0.2) is 5.15 Å². The standard InChI is InChI=1S/C11H5ClN4O3/c12-10-5-14-6-11(15-10)19-9-2-1-7(4-13)3-8(9)16(17)18/h1-3,5-6H. The molecule has 1 heterocycles. The van der Waals surface area contributed by atoms with Crippen LogP contribution < -0.4 is 4.74 Å². The largest absolute Gasteiger partial charge is 0.430 e. The maximum Gasteiger partial charge on any atom is 0.312 e. The number of nitro groups is 1. The van der Waals surface area contributed by atoms with Gasteiger partial charge in [-0.25, -0.2) is 0 Å². The Morgan fingerprint density at radius 1 is 1.42 bits per heavy atom. The molecule has 0 aliphatic heterocycles. The molecule has 0 fully saturated rings. The number of benzene rings is 1. The lowest BCUT2D eigenvalue weighted by molar-refractivity contribution is -0.385. The highest BCUT2D eigenvalue weighted by Crippen LogP contribution is 2.31. The van der Waals surface area contributed by atoms with Crippen molar-refractivity contribution in [3.05, 3.63) is 51.4 Å². The van der Waals surface area contributed by atoms with Crippen molar-refractivity contribution in [2.24, 2.45) is 0 Å². The SMILES string of the molecule is N#Cc1ccc(Oc2cncc(Cl)n2)c([N+](=O)[O-])c1. The van der Waals surface area contributed by atoms with E-state index in [1.165, 1.54) is 24.5 Å². The third kappa shape index (κ3) is 2.94. The quantitative estimate of drug-likeness (QED) is 0.631. The van der Waals surface area contributed by atoms with Gasteiger partial charge >= 0.3 is 5.69 Å². The highest BCUT2D eigenvalue weighted by molar-refractivity contribution is 6.29. The summed E-state index contributed by atoms with van der Waals surface area (Å²) in [4.78, 5) is 17.8. The van der Waals surface area contributed by atoms with E-state index in [4.69, 9.17) is 21.6 Å². The lowest BCUT2D eigenvalue weighted by Crippen LogP contribution is -1.96. The second-order valence-corrected chi connectivity index (χ2v) is 3.72. The van der Waals surface area contributed by atoms with Crippen LogP contribution in [0, 0.1) is 21.4 Å². The smallest absolute Gasteiger partial charge is 0.312 e. The van der Waals surface area contributed by atoms with E-state index in [2.05, 4.69) is 9.97 Å². The summed E-state index contributed by atoms with van der Waals surface area (Å²) in [7, 11) is 0. The summed E-state index contributed by atoms with van der Waals surface area (Å²) in [5, 5.41) is 19.7. The van der Waals surface area contributed by atoms with Crippen LogP contribution >= 0.6 is 11.6 Å². The molecule has 0 atom stereocenters. The molecule has 0 saturated heterocycles. The number of hydrogen-bond acceptors (Lipinski definition) is 6. The molecule has 0 aliphatic rings. The zero-order valence-corrected chi connectivity index (χ0v) is 10.0. The van der Waals surface area contributed by atoms with E-state index in [1.54, 1.807) is 0 Å². The van der Waals surface area contributed by atoms with Gasteiger partial charge in [-0.2, -0.15) is 10.2 Å². The first kappa shape index (κ1) is 12.7. The highest BCUT2D eigenvalue weighted by Gasteiger charge is 2.17. The minimum Gasteiger partial charge on any atom is -0.430 e. The van der Waals surface area contributed by atoms with Crippen LogP contribution in [0.15, 0.2) is 30.6 Å². The molecule has 0 aliphatic carbocycles. The van der Waals surface area contributed by atoms with E-state index in [0.29, 0.717) is 0 Å². The molecule has 8 heteroatoms. The first-order valence-corrected chi connectivity index (χ1v) is 5.32. The summed E-state index contributed by atoms with van der Waals surface area (Å²) in [5.41, 5.74) is -0.169.